The fourth-order valence-corrected chi connectivity index (χ4v) is 5.11. The van der Waals surface area contributed by atoms with Crippen molar-refractivity contribution >= 4 is 17.2 Å². The van der Waals surface area contributed by atoms with E-state index in [1.54, 1.807) is 23.7 Å². The SMILES string of the molecule is O=C(NCC1(O)CCCCC1)C1CCc2sc(-c3ccncc3)nc2C1. The molecule has 1 atom stereocenters. The molecule has 0 saturated heterocycles. The van der Waals surface area contributed by atoms with Gasteiger partial charge in [-0.15, -0.1) is 11.3 Å². The van der Waals surface area contributed by atoms with E-state index in [4.69, 9.17) is 4.98 Å². The topological polar surface area (TPSA) is 75.1 Å². The second-order valence-corrected chi connectivity index (χ2v) is 8.65. The van der Waals surface area contributed by atoms with Gasteiger partial charge in [-0.1, -0.05) is 19.3 Å². The Morgan fingerprint density at radius 1 is 1.27 bits per heavy atom. The standard InChI is InChI=1S/C20H25N3O2S/c24-18(22-13-20(25)8-2-1-3-9-20)15-4-5-17-16(12-15)23-19(26-17)14-6-10-21-11-7-14/h6-7,10-11,15,25H,1-5,8-9,12-13H2,(H,22,24). The van der Waals surface area contributed by atoms with Crippen molar-refractivity contribution in [1.29, 1.82) is 0 Å². The Hall–Kier alpha value is -1.79. The van der Waals surface area contributed by atoms with Crippen LogP contribution in [0, 0.1) is 5.92 Å². The smallest absolute Gasteiger partial charge is 0.223 e. The largest absolute Gasteiger partial charge is 0.388 e. The Kier molecular flexibility index (Phi) is 5.05. The highest BCUT2D eigenvalue weighted by atomic mass is 32.1. The van der Waals surface area contributed by atoms with E-state index in [-0.39, 0.29) is 11.8 Å². The molecule has 138 valence electrons. The van der Waals surface area contributed by atoms with Crippen molar-refractivity contribution in [2.45, 2.75) is 57.0 Å². The number of carbonyl (C=O) groups excluding carboxylic acids is 1. The zero-order valence-corrected chi connectivity index (χ0v) is 15.7. The molecule has 0 spiro atoms. The summed E-state index contributed by atoms with van der Waals surface area (Å²) in [6.45, 7) is 0.383. The van der Waals surface area contributed by atoms with Crippen LogP contribution in [0.25, 0.3) is 10.6 Å². The molecule has 1 amide bonds. The van der Waals surface area contributed by atoms with E-state index in [1.165, 1.54) is 11.3 Å². The predicted octanol–water partition coefficient (Wildman–Crippen LogP) is 3.12. The Balaban J connectivity index is 1.38. The van der Waals surface area contributed by atoms with Gasteiger partial charge in [0.25, 0.3) is 0 Å². The number of hydrogen-bond donors (Lipinski definition) is 2. The van der Waals surface area contributed by atoms with Gasteiger partial charge in [-0.25, -0.2) is 4.98 Å². The Morgan fingerprint density at radius 2 is 2.04 bits per heavy atom. The number of aliphatic hydroxyl groups is 1. The van der Waals surface area contributed by atoms with E-state index in [1.807, 2.05) is 12.1 Å². The van der Waals surface area contributed by atoms with E-state index >= 15 is 0 Å². The van der Waals surface area contributed by atoms with Gasteiger partial charge >= 0.3 is 0 Å². The lowest BCUT2D eigenvalue weighted by molar-refractivity contribution is -0.127. The molecule has 1 saturated carbocycles. The molecule has 2 aliphatic carbocycles. The van der Waals surface area contributed by atoms with Crippen molar-refractivity contribution in [3.8, 4) is 10.6 Å². The summed E-state index contributed by atoms with van der Waals surface area (Å²) < 4.78 is 0. The number of pyridine rings is 1. The molecule has 0 aliphatic heterocycles. The third kappa shape index (κ3) is 3.81. The molecule has 2 aromatic heterocycles. The molecular weight excluding hydrogens is 346 g/mol. The minimum Gasteiger partial charge on any atom is -0.388 e. The predicted molar refractivity (Wildman–Crippen MR) is 102 cm³/mol. The van der Waals surface area contributed by atoms with Crippen LogP contribution in [0.15, 0.2) is 24.5 Å². The molecule has 2 N–H and O–H groups in total. The molecule has 4 rings (SSSR count). The number of carbonyl (C=O) groups is 1. The summed E-state index contributed by atoms with van der Waals surface area (Å²) in [5.41, 5.74) is 1.44. The van der Waals surface area contributed by atoms with Gasteiger partial charge < -0.3 is 10.4 Å². The van der Waals surface area contributed by atoms with Crippen molar-refractivity contribution in [3.05, 3.63) is 35.1 Å². The maximum absolute atomic E-state index is 12.6. The first-order chi connectivity index (χ1) is 12.6. The van der Waals surface area contributed by atoms with Gasteiger partial charge in [-0.05, 0) is 37.8 Å². The van der Waals surface area contributed by atoms with E-state index in [0.29, 0.717) is 13.0 Å². The number of aromatic nitrogens is 2. The number of hydrogen-bond acceptors (Lipinski definition) is 5. The van der Waals surface area contributed by atoms with Crippen molar-refractivity contribution in [1.82, 2.24) is 15.3 Å². The van der Waals surface area contributed by atoms with Crippen LogP contribution in [-0.4, -0.2) is 33.1 Å². The van der Waals surface area contributed by atoms with Crippen molar-refractivity contribution < 1.29 is 9.90 Å². The van der Waals surface area contributed by atoms with Gasteiger partial charge in [0.2, 0.25) is 5.91 Å². The van der Waals surface area contributed by atoms with Gasteiger partial charge in [-0.3, -0.25) is 9.78 Å². The first-order valence-corrected chi connectivity index (χ1v) is 10.3. The van der Waals surface area contributed by atoms with E-state index in [9.17, 15) is 9.90 Å². The second-order valence-electron chi connectivity index (χ2n) is 7.57. The molecular formula is C20H25N3O2S. The number of amides is 1. The van der Waals surface area contributed by atoms with Crippen LogP contribution in [0.4, 0.5) is 0 Å². The molecule has 1 fully saturated rings. The summed E-state index contributed by atoms with van der Waals surface area (Å²) in [6.07, 6.45) is 10.9. The molecule has 6 heteroatoms. The van der Waals surface area contributed by atoms with Gasteiger partial charge in [0.05, 0.1) is 11.3 Å². The maximum Gasteiger partial charge on any atom is 0.223 e. The highest BCUT2D eigenvalue weighted by molar-refractivity contribution is 7.15. The highest BCUT2D eigenvalue weighted by Gasteiger charge is 2.32. The fraction of sp³-hybridized carbons (Fsp3) is 0.550. The van der Waals surface area contributed by atoms with Gasteiger partial charge in [0, 0.05) is 41.7 Å². The second kappa shape index (κ2) is 7.45. The third-order valence-electron chi connectivity index (χ3n) is 5.61. The van der Waals surface area contributed by atoms with Crippen molar-refractivity contribution in [2.24, 2.45) is 5.92 Å². The molecule has 0 radical (unpaired) electrons. The number of aryl methyl sites for hydroxylation is 1. The van der Waals surface area contributed by atoms with Crippen LogP contribution >= 0.6 is 11.3 Å². The zero-order chi connectivity index (χ0) is 18.0. The van der Waals surface area contributed by atoms with Crippen LogP contribution < -0.4 is 5.32 Å². The molecule has 26 heavy (non-hydrogen) atoms. The quantitative estimate of drug-likeness (QED) is 0.866. The molecule has 0 bridgehead atoms. The summed E-state index contributed by atoms with van der Waals surface area (Å²) in [5.74, 6) is 0.0233. The molecule has 2 aliphatic rings. The molecule has 2 heterocycles. The van der Waals surface area contributed by atoms with Crippen LogP contribution in [0.1, 0.15) is 49.1 Å². The number of nitrogens with one attached hydrogen (secondary N) is 1. The highest BCUT2D eigenvalue weighted by Crippen LogP contribution is 2.34. The van der Waals surface area contributed by atoms with Crippen LogP contribution in [0.2, 0.25) is 0 Å². The summed E-state index contributed by atoms with van der Waals surface area (Å²) >= 11 is 1.73. The minimum atomic E-state index is -0.705. The lowest BCUT2D eigenvalue weighted by Gasteiger charge is -2.33. The normalized spacial score (nSPS) is 21.8. The van der Waals surface area contributed by atoms with E-state index in [2.05, 4.69) is 10.3 Å². The lowest BCUT2D eigenvalue weighted by atomic mass is 9.84. The lowest BCUT2D eigenvalue weighted by Crippen LogP contribution is -2.46. The monoisotopic (exact) mass is 371 g/mol. The molecule has 1 unspecified atom stereocenters. The maximum atomic E-state index is 12.6. The number of rotatable bonds is 4. The minimum absolute atomic E-state index is 0.0397. The van der Waals surface area contributed by atoms with Crippen molar-refractivity contribution in [2.75, 3.05) is 6.54 Å². The van der Waals surface area contributed by atoms with Gasteiger partial charge in [0.15, 0.2) is 0 Å². The number of nitrogens with zero attached hydrogens (tertiary/aromatic N) is 2. The molecule has 2 aromatic rings. The number of fused-ring (bicyclic) bond motifs is 1. The van der Waals surface area contributed by atoms with Crippen molar-refractivity contribution in [3.63, 3.8) is 0 Å². The van der Waals surface area contributed by atoms with Gasteiger partial charge in [0.1, 0.15) is 5.01 Å². The molecule has 5 nitrogen and oxygen atoms in total. The van der Waals surface area contributed by atoms with E-state index in [0.717, 1.165) is 54.8 Å². The fourth-order valence-electron chi connectivity index (χ4n) is 4.00. The molecule has 0 aromatic carbocycles. The first-order valence-electron chi connectivity index (χ1n) is 9.52. The zero-order valence-electron chi connectivity index (χ0n) is 14.9. The Morgan fingerprint density at radius 3 is 2.81 bits per heavy atom. The Bertz CT molecular complexity index is 769. The van der Waals surface area contributed by atoms with Crippen LogP contribution in [0.5, 0.6) is 0 Å². The third-order valence-corrected chi connectivity index (χ3v) is 6.82. The van der Waals surface area contributed by atoms with Crippen LogP contribution in [0.3, 0.4) is 0 Å². The first kappa shape index (κ1) is 17.6. The summed E-state index contributed by atoms with van der Waals surface area (Å²) in [5, 5.41) is 14.6. The van der Waals surface area contributed by atoms with Crippen LogP contribution in [-0.2, 0) is 17.6 Å². The number of thiazole rings is 1. The average Bonchev–Trinajstić information content (AvgIpc) is 3.11. The summed E-state index contributed by atoms with van der Waals surface area (Å²) in [7, 11) is 0. The Labute approximate surface area is 157 Å². The average molecular weight is 372 g/mol. The summed E-state index contributed by atoms with van der Waals surface area (Å²) in [4.78, 5) is 22.7. The summed E-state index contributed by atoms with van der Waals surface area (Å²) in [6, 6.07) is 3.94. The van der Waals surface area contributed by atoms with E-state index < -0.39 is 5.60 Å². The van der Waals surface area contributed by atoms with Gasteiger partial charge in [-0.2, -0.15) is 0 Å².